The van der Waals surface area contributed by atoms with Crippen LogP contribution in [0.15, 0.2) is 30.3 Å². The Labute approximate surface area is 122 Å². The Morgan fingerprint density at radius 1 is 1.05 bits per heavy atom. The van der Waals surface area contributed by atoms with Gasteiger partial charge in [0.2, 0.25) is 0 Å². The van der Waals surface area contributed by atoms with E-state index in [9.17, 15) is 15.3 Å². The highest BCUT2D eigenvalue weighted by atomic mass is 16.5. The number of rotatable bonds is 0. The average molecular weight is 284 g/mol. The molecule has 2 atom stereocenters. The van der Waals surface area contributed by atoms with Crippen LogP contribution in [0, 0.1) is 5.41 Å². The molecule has 3 N–H and O–H groups in total. The van der Waals surface area contributed by atoms with E-state index in [1.165, 1.54) is 0 Å². The fraction of sp³-hybridized carbons (Fsp3) is 0.294. The minimum Gasteiger partial charge on any atom is -0.508 e. The van der Waals surface area contributed by atoms with Crippen LogP contribution in [0.2, 0.25) is 0 Å². The summed E-state index contributed by atoms with van der Waals surface area (Å²) in [5, 5.41) is 29.2. The molecule has 1 heterocycles. The predicted octanol–water partition coefficient (Wildman–Crippen LogP) is 2.89. The Morgan fingerprint density at radius 2 is 1.81 bits per heavy atom. The van der Waals surface area contributed by atoms with Crippen LogP contribution in [0.4, 0.5) is 0 Å². The second kappa shape index (κ2) is 3.85. The summed E-state index contributed by atoms with van der Waals surface area (Å²) < 4.78 is 5.83. The van der Waals surface area contributed by atoms with Gasteiger partial charge in [0.05, 0.1) is 6.61 Å². The number of fused-ring (bicyclic) bond motifs is 5. The van der Waals surface area contributed by atoms with E-state index in [0.717, 1.165) is 23.1 Å². The molecule has 0 unspecified atom stereocenters. The van der Waals surface area contributed by atoms with Crippen LogP contribution < -0.4 is 4.74 Å². The van der Waals surface area contributed by atoms with Gasteiger partial charge in [0.1, 0.15) is 11.5 Å². The van der Waals surface area contributed by atoms with E-state index in [4.69, 9.17) is 4.74 Å². The Morgan fingerprint density at radius 3 is 2.62 bits per heavy atom. The zero-order valence-corrected chi connectivity index (χ0v) is 11.6. The maximum absolute atomic E-state index is 9.83. The molecule has 2 aromatic rings. The Hall–Kier alpha value is -2.36. The number of hydrogen-bond donors (Lipinski definition) is 3. The second-order valence-electron chi connectivity index (χ2n) is 6.31. The quantitative estimate of drug-likeness (QED) is 0.651. The van der Waals surface area contributed by atoms with Gasteiger partial charge in [0.25, 0.3) is 0 Å². The second-order valence-corrected chi connectivity index (χ2v) is 6.31. The molecule has 4 heteroatoms. The highest BCUT2D eigenvalue weighted by molar-refractivity contribution is 5.57. The summed E-state index contributed by atoms with van der Waals surface area (Å²) in [6, 6.07) is 8.47. The topological polar surface area (TPSA) is 69.9 Å². The Balaban J connectivity index is 1.95. The Kier molecular flexibility index (Phi) is 2.27. The molecule has 0 aromatic heterocycles. The van der Waals surface area contributed by atoms with Crippen molar-refractivity contribution in [1.82, 2.24) is 0 Å². The first-order valence-corrected chi connectivity index (χ1v) is 6.98. The zero-order chi connectivity index (χ0) is 14.8. The van der Waals surface area contributed by atoms with Gasteiger partial charge in [-0.1, -0.05) is 13.0 Å². The van der Waals surface area contributed by atoms with Crippen LogP contribution in [-0.4, -0.2) is 21.9 Å². The molecule has 108 valence electrons. The SMILES string of the molecule is C[C@]12COc3cc(O)ccc3[C@H]1c1cc(O)c(O)cc1C2. The monoisotopic (exact) mass is 284 g/mol. The first-order valence-electron chi connectivity index (χ1n) is 6.98. The molecule has 0 amide bonds. The summed E-state index contributed by atoms with van der Waals surface area (Å²) in [5.41, 5.74) is 2.99. The highest BCUT2D eigenvalue weighted by Crippen LogP contribution is 2.57. The average Bonchev–Trinajstić information content (AvgIpc) is 2.71. The number of phenols is 3. The lowest BCUT2D eigenvalue weighted by molar-refractivity contribution is 0.129. The van der Waals surface area contributed by atoms with Crippen molar-refractivity contribution in [3.8, 4) is 23.0 Å². The molecule has 0 radical (unpaired) electrons. The van der Waals surface area contributed by atoms with Crippen molar-refractivity contribution in [1.29, 1.82) is 0 Å². The fourth-order valence-electron chi connectivity index (χ4n) is 3.78. The normalized spacial score (nSPS) is 25.7. The lowest BCUT2D eigenvalue weighted by Gasteiger charge is -2.38. The minimum atomic E-state index is -0.105. The van der Waals surface area contributed by atoms with Crippen LogP contribution >= 0.6 is 0 Å². The molecular formula is C17H16O4. The fourth-order valence-corrected chi connectivity index (χ4v) is 3.78. The molecule has 21 heavy (non-hydrogen) atoms. The highest BCUT2D eigenvalue weighted by Gasteiger charge is 2.48. The van der Waals surface area contributed by atoms with Crippen LogP contribution in [-0.2, 0) is 6.42 Å². The van der Waals surface area contributed by atoms with Gasteiger partial charge in [-0.05, 0) is 35.7 Å². The van der Waals surface area contributed by atoms with Crippen LogP contribution in [0.3, 0.4) is 0 Å². The molecule has 1 aliphatic heterocycles. The standard InChI is InChI=1S/C17H16O4/c1-17-7-9-4-13(19)14(20)6-12(9)16(17)11-3-2-10(18)5-15(11)21-8-17/h2-6,16,18-20H,7-8H2,1H3/t16-,17-/m0/s1. The zero-order valence-electron chi connectivity index (χ0n) is 11.6. The molecule has 4 nitrogen and oxygen atoms in total. The van der Waals surface area contributed by atoms with Crippen molar-refractivity contribution in [3.63, 3.8) is 0 Å². The smallest absolute Gasteiger partial charge is 0.157 e. The number of benzene rings is 2. The third-order valence-electron chi connectivity index (χ3n) is 4.70. The van der Waals surface area contributed by atoms with Crippen LogP contribution in [0.1, 0.15) is 29.5 Å². The van der Waals surface area contributed by atoms with Crippen molar-refractivity contribution < 1.29 is 20.1 Å². The summed E-state index contributed by atoms with van der Waals surface area (Å²) in [5.74, 6) is 0.804. The molecule has 0 bridgehead atoms. The van der Waals surface area contributed by atoms with E-state index in [0.29, 0.717) is 12.4 Å². The molecule has 1 aliphatic carbocycles. The van der Waals surface area contributed by atoms with Gasteiger partial charge >= 0.3 is 0 Å². The van der Waals surface area contributed by atoms with Crippen molar-refractivity contribution >= 4 is 0 Å². The number of ether oxygens (including phenoxy) is 1. The Bertz CT molecular complexity index is 753. The summed E-state index contributed by atoms with van der Waals surface area (Å²) in [6.45, 7) is 2.70. The van der Waals surface area contributed by atoms with Gasteiger partial charge in [-0.15, -0.1) is 0 Å². The van der Waals surface area contributed by atoms with Gasteiger partial charge < -0.3 is 20.1 Å². The maximum Gasteiger partial charge on any atom is 0.157 e. The molecule has 0 fully saturated rings. The molecule has 0 saturated carbocycles. The minimum absolute atomic E-state index is 0.0807. The first-order chi connectivity index (χ1) is 9.98. The van der Waals surface area contributed by atoms with Gasteiger partial charge in [-0.3, -0.25) is 0 Å². The third kappa shape index (κ3) is 1.62. The molecule has 0 spiro atoms. The largest absolute Gasteiger partial charge is 0.508 e. The van der Waals surface area contributed by atoms with E-state index >= 15 is 0 Å². The van der Waals surface area contributed by atoms with Crippen LogP contribution in [0.25, 0.3) is 0 Å². The van der Waals surface area contributed by atoms with Gasteiger partial charge in [-0.25, -0.2) is 0 Å². The molecule has 2 aromatic carbocycles. The number of phenolic OH excluding ortho intramolecular Hbond substituents is 3. The third-order valence-corrected chi connectivity index (χ3v) is 4.70. The van der Waals surface area contributed by atoms with Crippen molar-refractivity contribution in [3.05, 3.63) is 47.0 Å². The van der Waals surface area contributed by atoms with Crippen molar-refractivity contribution in [2.75, 3.05) is 6.61 Å². The summed E-state index contributed by atoms with van der Waals surface area (Å²) in [4.78, 5) is 0. The maximum atomic E-state index is 9.83. The van der Waals surface area contributed by atoms with Gasteiger partial charge in [0, 0.05) is 23.0 Å². The number of aromatic hydroxyl groups is 3. The van der Waals surface area contributed by atoms with Crippen LogP contribution in [0.5, 0.6) is 23.0 Å². The molecule has 4 rings (SSSR count). The van der Waals surface area contributed by atoms with Crippen molar-refractivity contribution in [2.24, 2.45) is 5.41 Å². The van der Waals surface area contributed by atoms with E-state index in [1.54, 1.807) is 24.3 Å². The first kappa shape index (κ1) is 12.4. The molecule has 2 aliphatic rings. The lowest BCUT2D eigenvalue weighted by Crippen LogP contribution is -2.34. The summed E-state index contributed by atoms with van der Waals surface area (Å²) in [6.07, 6.45) is 0.793. The van der Waals surface area contributed by atoms with E-state index < -0.39 is 0 Å². The van der Waals surface area contributed by atoms with Gasteiger partial charge in [-0.2, -0.15) is 0 Å². The van der Waals surface area contributed by atoms with E-state index in [-0.39, 0.29) is 28.6 Å². The van der Waals surface area contributed by atoms with E-state index in [1.807, 2.05) is 6.07 Å². The summed E-state index contributed by atoms with van der Waals surface area (Å²) >= 11 is 0. The van der Waals surface area contributed by atoms with Crippen molar-refractivity contribution in [2.45, 2.75) is 19.3 Å². The van der Waals surface area contributed by atoms with Gasteiger partial charge in [0.15, 0.2) is 11.5 Å². The predicted molar refractivity (Wildman–Crippen MR) is 77.0 cm³/mol. The number of hydrogen-bond acceptors (Lipinski definition) is 4. The summed E-state index contributed by atoms with van der Waals surface area (Å²) in [7, 11) is 0. The van der Waals surface area contributed by atoms with E-state index in [2.05, 4.69) is 6.92 Å². The molecular weight excluding hydrogens is 268 g/mol. The molecule has 0 saturated heterocycles. The lowest BCUT2D eigenvalue weighted by atomic mass is 9.73.